The minimum absolute atomic E-state index is 0.206. The molecule has 0 radical (unpaired) electrons. The summed E-state index contributed by atoms with van der Waals surface area (Å²) < 4.78 is 11.8. The molecule has 0 heterocycles. The van der Waals surface area contributed by atoms with Gasteiger partial charge >= 0.3 is 0 Å². The molecule has 0 amide bonds. The fourth-order valence-corrected chi connectivity index (χ4v) is 3.00. The number of para-hydroxylation sites is 1. The van der Waals surface area contributed by atoms with Crippen LogP contribution < -0.4 is 11.1 Å². The number of hydrogen-bond acceptors (Lipinski definition) is 2. The van der Waals surface area contributed by atoms with Crippen LogP contribution in [0.2, 0.25) is 0 Å². The van der Waals surface area contributed by atoms with E-state index in [0.717, 1.165) is 18.5 Å². The summed E-state index contributed by atoms with van der Waals surface area (Å²) in [6, 6.07) is 6.27. The van der Waals surface area contributed by atoms with Gasteiger partial charge in [0.2, 0.25) is 0 Å². The van der Waals surface area contributed by atoms with Gasteiger partial charge in [0.05, 0.1) is 6.54 Å². The lowest BCUT2D eigenvalue weighted by molar-refractivity contribution is 0.648. The monoisotopic (exact) mass is 323 g/mol. The number of aryl methyl sites for hydroxylation is 2. The highest BCUT2D eigenvalue weighted by molar-refractivity contribution is 7.86. The van der Waals surface area contributed by atoms with Gasteiger partial charge in [0.25, 0.3) is 0 Å². The van der Waals surface area contributed by atoms with Crippen LogP contribution in [-0.4, -0.2) is 27.2 Å². The van der Waals surface area contributed by atoms with Crippen LogP contribution in [0.25, 0.3) is 0 Å². The van der Waals surface area contributed by atoms with Gasteiger partial charge in [-0.25, -0.2) is 0 Å². The third kappa shape index (κ3) is 5.44. The Hall–Kier alpha value is -1.36. The summed E-state index contributed by atoms with van der Waals surface area (Å²) in [6.07, 6.45) is 1.88. The molecule has 0 saturated heterocycles. The van der Waals surface area contributed by atoms with Crippen molar-refractivity contribution < 1.29 is 4.21 Å². The zero-order valence-corrected chi connectivity index (χ0v) is 15.2. The predicted octanol–water partition coefficient (Wildman–Crippen LogP) is 3.09. The van der Waals surface area contributed by atoms with Gasteiger partial charge in [0, 0.05) is 27.0 Å². The second-order valence-electron chi connectivity index (χ2n) is 6.21. The number of anilines is 1. The summed E-state index contributed by atoms with van der Waals surface area (Å²) in [4.78, 5) is 4.31. The van der Waals surface area contributed by atoms with E-state index in [4.69, 9.17) is 5.73 Å². The van der Waals surface area contributed by atoms with Crippen molar-refractivity contribution in [3.05, 3.63) is 29.3 Å². The maximum atomic E-state index is 12.0. The molecule has 0 saturated carbocycles. The molecule has 1 unspecified atom stereocenters. The fraction of sp³-hybridized carbons (Fsp3) is 0.588. The van der Waals surface area contributed by atoms with E-state index in [1.807, 2.05) is 20.8 Å². The third-order valence-electron chi connectivity index (χ3n) is 3.49. The SMILES string of the molecule is CCc1cccc(CC)c1NC(N)=NCCS(=O)C(C)(C)C. The molecule has 124 valence electrons. The molecule has 4 nitrogen and oxygen atoms in total. The summed E-state index contributed by atoms with van der Waals surface area (Å²) in [5.41, 5.74) is 9.51. The largest absolute Gasteiger partial charge is 0.370 e. The molecule has 5 heteroatoms. The molecule has 1 atom stereocenters. The topological polar surface area (TPSA) is 67.5 Å². The molecule has 0 aliphatic carbocycles. The first-order chi connectivity index (χ1) is 10.3. The normalized spacial score (nSPS) is 14.0. The minimum Gasteiger partial charge on any atom is -0.370 e. The second kappa shape index (κ2) is 8.32. The molecule has 1 rings (SSSR count). The standard InChI is InChI=1S/C17H29N3OS/c1-6-13-9-8-10-14(7-2)15(13)20-16(18)19-11-12-22(21)17(3,4)5/h8-10H,6-7,11-12H2,1-5H3,(H3,18,19,20). The van der Waals surface area contributed by atoms with Gasteiger partial charge in [-0.15, -0.1) is 0 Å². The Bertz CT molecular complexity index is 525. The Morgan fingerprint density at radius 1 is 1.23 bits per heavy atom. The molecule has 1 aromatic carbocycles. The molecule has 0 aliphatic heterocycles. The van der Waals surface area contributed by atoms with Crippen LogP contribution in [0.3, 0.4) is 0 Å². The highest BCUT2D eigenvalue weighted by Gasteiger charge is 2.18. The van der Waals surface area contributed by atoms with Crippen LogP contribution in [0.5, 0.6) is 0 Å². The van der Waals surface area contributed by atoms with Gasteiger partial charge < -0.3 is 11.1 Å². The Morgan fingerprint density at radius 2 is 1.77 bits per heavy atom. The smallest absolute Gasteiger partial charge is 0.193 e. The van der Waals surface area contributed by atoms with Gasteiger partial charge in [-0.1, -0.05) is 32.0 Å². The summed E-state index contributed by atoms with van der Waals surface area (Å²) in [5, 5.41) is 3.22. The van der Waals surface area contributed by atoms with Crippen molar-refractivity contribution in [1.82, 2.24) is 0 Å². The number of rotatable bonds is 6. The lowest BCUT2D eigenvalue weighted by Gasteiger charge is -2.17. The molecule has 0 spiro atoms. The molecule has 22 heavy (non-hydrogen) atoms. The first-order valence-corrected chi connectivity index (χ1v) is 9.17. The zero-order chi connectivity index (χ0) is 16.8. The Morgan fingerprint density at radius 3 is 2.23 bits per heavy atom. The maximum absolute atomic E-state index is 12.0. The van der Waals surface area contributed by atoms with Crippen LogP contribution in [0, 0.1) is 0 Å². The molecule has 0 aliphatic rings. The van der Waals surface area contributed by atoms with E-state index in [0.29, 0.717) is 18.3 Å². The van der Waals surface area contributed by atoms with Gasteiger partial charge in [-0.05, 0) is 44.7 Å². The third-order valence-corrected chi connectivity index (χ3v) is 5.41. The highest BCUT2D eigenvalue weighted by Crippen LogP contribution is 2.22. The highest BCUT2D eigenvalue weighted by atomic mass is 32.2. The molecule has 0 fully saturated rings. The van der Waals surface area contributed by atoms with Crippen molar-refractivity contribution in [2.24, 2.45) is 10.7 Å². The lowest BCUT2D eigenvalue weighted by atomic mass is 10.0. The first kappa shape index (κ1) is 18.7. The number of nitrogens with two attached hydrogens (primary N) is 1. The van der Waals surface area contributed by atoms with Crippen LogP contribution in [0.4, 0.5) is 5.69 Å². The number of benzene rings is 1. The average Bonchev–Trinajstić information content (AvgIpc) is 2.46. The quantitative estimate of drug-likeness (QED) is 0.624. The molecular formula is C17H29N3OS. The number of nitrogens with one attached hydrogen (secondary N) is 1. The maximum Gasteiger partial charge on any atom is 0.193 e. The minimum atomic E-state index is -0.903. The number of hydrogen-bond donors (Lipinski definition) is 2. The van der Waals surface area contributed by atoms with E-state index in [9.17, 15) is 4.21 Å². The van der Waals surface area contributed by atoms with Crippen LogP contribution in [0.1, 0.15) is 45.7 Å². The van der Waals surface area contributed by atoms with E-state index < -0.39 is 10.8 Å². The van der Waals surface area contributed by atoms with Crippen molar-refractivity contribution in [3.63, 3.8) is 0 Å². The average molecular weight is 324 g/mol. The van der Waals surface area contributed by atoms with Crippen molar-refractivity contribution in [2.45, 2.75) is 52.2 Å². The number of aliphatic imine (C=N–C) groups is 1. The van der Waals surface area contributed by atoms with Crippen LogP contribution in [-0.2, 0) is 23.6 Å². The Labute approximate surface area is 137 Å². The zero-order valence-electron chi connectivity index (χ0n) is 14.4. The molecule has 1 aromatic rings. The summed E-state index contributed by atoms with van der Waals surface area (Å²) in [6.45, 7) is 10.6. The van der Waals surface area contributed by atoms with Gasteiger partial charge in [0.1, 0.15) is 0 Å². The van der Waals surface area contributed by atoms with E-state index in [1.165, 1.54) is 11.1 Å². The summed E-state index contributed by atoms with van der Waals surface area (Å²) in [5.74, 6) is 0.920. The molecule has 3 N–H and O–H groups in total. The second-order valence-corrected chi connectivity index (χ2v) is 8.54. The number of guanidine groups is 1. The molecule has 0 aromatic heterocycles. The van der Waals surface area contributed by atoms with Crippen molar-refractivity contribution in [2.75, 3.05) is 17.6 Å². The summed E-state index contributed by atoms with van der Waals surface area (Å²) in [7, 11) is -0.903. The first-order valence-electron chi connectivity index (χ1n) is 7.85. The van der Waals surface area contributed by atoms with Gasteiger partial charge in [0.15, 0.2) is 5.96 Å². The van der Waals surface area contributed by atoms with E-state index in [-0.39, 0.29) is 4.75 Å². The molecule has 0 bridgehead atoms. The van der Waals surface area contributed by atoms with Gasteiger partial charge in [-0.3, -0.25) is 9.20 Å². The van der Waals surface area contributed by atoms with Crippen LogP contribution in [0.15, 0.2) is 23.2 Å². The van der Waals surface area contributed by atoms with E-state index >= 15 is 0 Å². The van der Waals surface area contributed by atoms with Crippen molar-refractivity contribution in [1.29, 1.82) is 0 Å². The fourth-order valence-electron chi connectivity index (χ4n) is 2.13. The Kier molecular flexibility index (Phi) is 7.07. The molecular weight excluding hydrogens is 294 g/mol. The predicted molar refractivity (Wildman–Crippen MR) is 98.1 cm³/mol. The van der Waals surface area contributed by atoms with Crippen LogP contribution >= 0.6 is 0 Å². The lowest BCUT2D eigenvalue weighted by Crippen LogP contribution is -2.27. The van der Waals surface area contributed by atoms with E-state index in [1.54, 1.807) is 0 Å². The Balaban J connectivity index is 2.74. The van der Waals surface area contributed by atoms with Crippen molar-refractivity contribution in [3.8, 4) is 0 Å². The van der Waals surface area contributed by atoms with E-state index in [2.05, 4.69) is 42.4 Å². The van der Waals surface area contributed by atoms with Gasteiger partial charge in [-0.2, -0.15) is 0 Å². The number of nitrogens with zero attached hydrogens (tertiary/aromatic N) is 1. The van der Waals surface area contributed by atoms with Crippen molar-refractivity contribution >= 4 is 22.4 Å². The summed E-state index contributed by atoms with van der Waals surface area (Å²) >= 11 is 0.